The van der Waals surface area contributed by atoms with Gasteiger partial charge in [-0.2, -0.15) is 4.40 Å². The van der Waals surface area contributed by atoms with Crippen molar-refractivity contribution in [1.82, 2.24) is 0 Å². The molecule has 0 unspecified atom stereocenters. The largest absolute Gasteiger partial charge is 0.378 e. The van der Waals surface area contributed by atoms with Gasteiger partial charge in [0.2, 0.25) is 10.0 Å². The summed E-state index contributed by atoms with van der Waals surface area (Å²) >= 11 is 0. The first-order valence-electron chi connectivity index (χ1n) is 4.41. The van der Waals surface area contributed by atoms with Gasteiger partial charge in [0.15, 0.2) is 0 Å². The third kappa shape index (κ3) is 4.12. The van der Waals surface area contributed by atoms with Crippen molar-refractivity contribution in [2.45, 2.75) is 0 Å². The van der Waals surface area contributed by atoms with Gasteiger partial charge in [0.05, 0.1) is 6.26 Å². The van der Waals surface area contributed by atoms with Gasteiger partial charge in [-0.25, -0.2) is 8.42 Å². The van der Waals surface area contributed by atoms with E-state index in [4.69, 9.17) is 0 Å². The summed E-state index contributed by atoms with van der Waals surface area (Å²) < 4.78 is 25.0. The highest BCUT2D eigenvalue weighted by Gasteiger charge is 1.96. The quantitative estimate of drug-likeness (QED) is 0.726. The van der Waals surface area contributed by atoms with Crippen LogP contribution in [0.4, 0.5) is 5.69 Å². The maximum atomic E-state index is 10.8. The van der Waals surface area contributed by atoms with E-state index in [1.807, 2.05) is 43.3 Å². The zero-order valence-corrected chi connectivity index (χ0v) is 9.82. The Balaban J connectivity index is 2.86. The fourth-order valence-electron chi connectivity index (χ4n) is 1.02. The minimum Gasteiger partial charge on any atom is -0.378 e. The smallest absolute Gasteiger partial charge is 0.250 e. The van der Waals surface area contributed by atoms with E-state index in [1.165, 1.54) is 6.21 Å². The Hall–Kier alpha value is -1.36. The number of nitrogens with zero attached hydrogens (tertiary/aromatic N) is 2. The van der Waals surface area contributed by atoms with E-state index in [2.05, 4.69) is 4.40 Å². The molecule has 5 heteroatoms. The van der Waals surface area contributed by atoms with Crippen molar-refractivity contribution in [3.05, 3.63) is 29.8 Å². The molecule has 82 valence electrons. The lowest BCUT2D eigenvalue weighted by Gasteiger charge is -2.11. The average molecular weight is 226 g/mol. The third-order valence-electron chi connectivity index (χ3n) is 1.80. The van der Waals surface area contributed by atoms with Crippen molar-refractivity contribution in [2.75, 3.05) is 25.3 Å². The second kappa shape index (κ2) is 4.44. The van der Waals surface area contributed by atoms with E-state index < -0.39 is 10.0 Å². The molecule has 0 fully saturated rings. The number of hydrogen-bond donors (Lipinski definition) is 0. The van der Waals surface area contributed by atoms with Gasteiger partial charge in [0.1, 0.15) is 0 Å². The van der Waals surface area contributed by atoms with E-state index >= 15 is 0 Å². The van der Waals surface area contributed by atoms with Gasteiger partial charge < -0.3 is 4.90 Å². The van der Waals surface area contributed by atoms with Crippen molar-refractivity contribution in [1.29, 1.82) is 0 Å². The summed E-state index contributed by atoms with van der Waals surface area (Å²) in [5.41, 5.74) is 1.83. The van der Waals surface area contributed by atoms with E-state index in [9.17, 15) is 8.42 Å². The Morgan fingerprint density at radius 2 is 1.73 bits per heavy atom. The van der Waals surface area contributed by atoms with E-state index in [0.717, 1.165) is 17.5 Å². The Kier molecular flexibility index (Phi) is 3.47. The van der Waals surface area contributed by atoms with Gasteiger partial charge in [-0.3, -0.25) is 0 Å². The lowest BCUT2D eigenvalue weighted by atomic mass is 10.2. The zero-order valence-electron chi connectivity index (χ0n) is 9.01. The highest BCUT2D eigenvalue weighted by molar-refractivity contribution is 7.89. The SMILES string of the molecule is CN(C)c1ccc(/C=N/S(C)(=O)=O)cc1. The molecule has 0 aliphatic rings. The fraction of sp³-hybridized carbons (Fsp3) is 0.300. The highest BCUT2D eigenvalue weighted by atomic mass is 32.2. The highest BCUT2D eigenvalue weighted by Crippen LogP contribution is 2.10. The molecule has 0 saturated carbocycles. The molecule has 4 nitrogen and oxygen atoms in total. The van der Waals surface area contributed by atoms with Crippen LogP contribution in [0.3, 0.4) is 0 Å². The summed E-state index contributed by atoms with van der Waals surface area (Å²) in [6.07, 6.45) is 2.41. The van der Waals surface area contributed by atoms with Gasteiger partial charge in [0, 0.05) is 26.0 Å². The van der Waals surface area contributed by atoms with Crippen molar-refractivity contribution in [2.24, 2.45) is 4.40 Å². The zero-order chi connectivity index (χ0) is 11.5. The molecule has 0 bridgehead atoms. The predicted molar refractivity (Wildman–Crippen MR) is 63.2 cm³/mol. The number of benzene rings is 1. The summed E-state index contributed by atoms with van der Waals surface area (Å²) in [6.45, 7) is 0. The van der Waals surface area contributed by atoms with E-state index in [1.54, 1.807) is 0 Å². The molecule has 0 radical (unpaired) electrons. The molecule has 0 amide bonds. The molecule has 0 atom stereocenters. The Labute approximate surface area is 90.3 Å². The van der Waals surface area contributed by atoms with Crippen LogP contribution in [0, 0.1) is 0 Å². The Morgan fingerprint density at radius 1 is 1.20 bits per heavy atom. The van der Waals surface area contributed by atoms with E-state index in [0.29, 0.717) is 0 Å². The molecule has 1 aromatic carbocycles. The predicted octanol–water partition coefficient (Wildman–Crippen LogP) is 1.13. The monoisotopic (exact) mass is 226 g/mol. The summed E-state index contributed by atoms with van der Waals surface area (Å²) in [6, 6.07) is 7.46. The lowest BCUT2D eigenvalue weighted by Crippen LogP contribution is -2.08. The maximum absolute atomic E-state index is 10.8. The van der Waals surface area contributed by atoms with Gasteiger partial charge in [-0.05, 0) is 17.7 Å². The van der Waals surface area contributed by atoms with Crippen LogP contribution < -0.4 is 4.90 Å². The van der Waals surface area contributed by atoms with Gasteiger partial charge in [0.25, 0.3) is 0 Å². The summed E-state index contributed by atoms with van der Waals surface area (Å²) in [5, 5.41) is 0. The van der Waals surface area contributed by atoms with Crippen LogP contribution in [0.1, 0.15) is 5.56 Å². The molecule has 1 aromatic rings. The van der Waals surface area contributed by atoms with Crippen LogP contribution in [0.5, 0.6) is 0 Å². The molecule has 0 heterocycles. The lowest BCUT2D eigenvalue weighted by molar-refractivity contribution is 0.604. The first-order valence-corrected chi connectivity index (χ1v) is 6.26. The minimum absolute atomic E-state index is 0.769. The Morgan fingerprint density at radius 3 is 2.13 bits per heavy atom. The minimum atomic E-state index is -3.29. The van der Waals surface area contributed by atoms with E-state index in [-0.39, 0.29) is 0 Å². The number of rotatable bonds is 3. The van der Waals surface area contributed by atoms with Crippen molar-refractivity contribution in [3.8, 4) is 0 Å². The van der Waals surface area contributed by atoms with Gasteiger partial charge in [-0.1, -0.05) is 12.1 Å². The molecule has 0 aliphatic carbocycles. The van der Waals surface area contributed by atoms with Crippen LogP contribution >= 0.6 is 0 Å². The van der Waals surface area contributed by atoms with Crippen LogP contribution in [-0.4, -0.2) is 35.0 Å². The number of hydrogen-bond acceptors (Lipinski definition) is 3. The fourth-order valence-corrected chi connectivity index (χ4v) is 1.33. The van der Waals surface area contributed by atoms with Crippen molar-refractivity contribution >= 4 is 21.9 Å². The van der Waals surface area contributed by atoms with Crippen LogP contribution in [-0.2, 0) is 10.0 Å². The van der Waals surface area contributed by atoms with Gasteiger partial charge >= 0.3 is 0 Å². The molecular weight excluding hydrogens is 212 g/mol. The normalized spacial score (nSPS) is 11.9. The number of sulfonamides is 1. The van der Waals surface area contributed by atoms with Crippen molar-refractivity contribution < 1.29 is 8.42 Å². The first kappa shape index (κ1) is 11.7. The second-order valence-corrected chi connectivity index (χ2v) is 5.13. The molecule has 0 N–H and O–H groups in total. The molecule has 1 rings (SSSR count). The summed E-state index contributed by atoms with van der Waals surface area (Å²) in [5.74, 6) is 0. The molecule has 0 saturated heterocycles. The van der Waals surface area contributed by atoms with Crippen LogP contribution in [0.25, 0.3) is 0 Å². The first-order chi connectivity index (χ1) is 6.88. The topological polar surface area (TPSA) is 49.7 Å². The van der Waals surface area contributed by atoms with Crippen LogP contribution in [0.15, 0.2) is 28.7 Å². The molecular formula is C10H14N2O2S. The van der Waals surface area contributed by atoms with Gasteiger partial charge in [-0.15, -0.1) is 0 Å². The summed E-state index contributed by atoms with van der Waals surface area (Å²) in [7, 11) is 0.598. The second-order valence-electron chi connectivity index (χ2n) is 3.45. The standard InChI is InChI=1S/C10H14N2O2S/c1-12(2)10-6-4-9(5-7-10)8-11-15(3,13)14/h4-8H,1-3H3/b11-8+. The molecule has 0 aliphatic heterocycles. The number of anilines is 1. The summed E-state index contributed by atoms with van der Waals surface area (Å²) in [4.78, 5) is 1.97. The third-order valence-corrected chi connectivity index (χ3v) is 2.29. The Bertz CT molecular complexity index is 447. The van der Waals surface area contributed by atoms with Crippen molar-refractivity contribution in [3.63, 3.8) is 0 Å². The maximum Gasteiger partial charge on any atom is 0.250 e. The average Bonchev–Trinajstić information content (AvgIpc) is 2.14. The molecule has 0 spiro atoms. The molecule has 0 aromatic heterocycles. The molecule has 15 heavy (non-hydrogen) atoms. The van der Waals surface area contributed by atoms with Crippen LogP contribution in [0.2, 0.25) is 0 Å².